The normalized spacial score (nSPS) is 11.8. The second-order valence-corrected chi connectivity index (χ2v) is 3.74. The zero-order valence-corrected chi connectivity index (χ0v) is 10.9. The Bertz CT molecular complexity index is 267. The molecule has 54 valence electrons. The average Bonchev–Trinajstić information content (AvgIpc) is 1.88. The zero-order chi connectivity index (χ0) is 7.56. The van der Waals surface area contributed by atoms with Gasteiger partial charge < -0.3 is 4.55 Å². The summed E-state index contributed by atoms with van der Waals surface area (Å²) in [6, 6.07) is 6.84. The summed E-state index contributed by atoms with van der Waals surface area (Å²) >= 11 is -0.115. The van der Waals surface area contributed by atoms with E-state index in [0.717, 1.165) is 3.57 Å². The van der Waals surface area contributed by atoms with Gasteiger partial charge in [0.1, 0.15) is 0 Å². The van der Waals surface area contributed by atoms with E-state index in [0.29, 0.717) is 4.90 Å². The monoisotopic (exact) mass is 290 g/mol. The summed E-state index contributed by atoms with van der Waals surface area (Å²) in [7, 11) is 0. The zero-order valence-electron chi connectivity index (χ0n) is 5.91. The van der Waals surface area contributed by atoms with Crippen molar-refractivity contribution in [1.29, 1.82) is 0 Å². The van der Waals surface area contributed by atoms with Crippen LogP contribution in [0, 0.1) is 3.57 Å². The fraction of sp³-hybridized carbons (Fsp3) is 0. The van der Waals surface area contributed by atoms with Crippen LogP contribution in [0.2, 0.25) is 0 Å². The molecule has 0 fully saturated rings. The molecule has 0 aliphatic carbocycles. The van der Waals surface area contributed by atoms with Gasteiger partial charge in [0, 0.05) is 8.47 Å². The minimum absolute atomic E-state index is 0. The maximum atomic E-state index is 10.4. The van der Waals surface area contributed by atoms with Gasteiger partial charge in [-0.2, -0.15) is 0 Å². The van der Waals surface area contributed by atoms with Gasteiger partial charge in [-0.25, -0.2) is 0 Å². The number of hydrogen-bond acceptors (Lipinski definition) is 2. The van der Waals surface area contributed by atoms with E-state index in [1.807, 2.05) is 22.6 Å². The van der Waals surface area contributed by atoms with Gasteiger partial charge in [-0.1, -0.05) is 12.1 Å². The van der Waals surface area contributed by atoms with Gasteiger partial charge in [-0.05, 0) is 45.8 Å². The predicted molar refractivity (Wildman–Crippen MR) is 46.3 cm³/mol. The van der Waals surface area contributed by atoms with Crippen LogP contribution in [0.3, 0.4) is 0 Å². The van der Waals surface area contributed by atoms with Crippen molar-refractivity contribution in [2.75, 3.05) is 0 Å². The van der Waals surface area contributed by atoms with Gasteiger partial charge in [0.15, 0.2) is 0 Å². The maximum Gasteiger partial charge on any atom is 1.00 e. The summed E-state index contributed by atoms with van der Waals surface area (Å²) in [5, 5.41) is 0. The first-order chi connectivity index (χ1) is 4.72. The van der Waals surface area contributed by atoms with Gasteiger partial charge in [-0.15, -0.1) is 0 Å². The first-order valence-electron chi connectivity index (χ1n) is 2.55. The maximum absolute atomic E-state index is 10.4. The Morgan fingerprint density at radius 3 is 2.27 bits per heavy atom. The van der Waals surface area contributed by atoms with Crippen molar-refractivity contribution < 1.29 is 38.3 Å². The van der Waals surface area contributed by atoms with E-state index in [2.05, 4.69) is 0 Å². The number of halogens is 1. The minimum atomic E-state index is -2.10. The van der Waals surface area contributed by atoms with E-state index in [4.69, 9.17) is 0 Å². The van der Waals surface area contributed by atoms with Crippen molar-refractivity contribution in [3.8, 4) is 0 Å². The third-order valence-electron chi connectivity index (χ3n) is 1.02. The van der Waals surface area contributed by atoms with Crippen molar-refractivity contribution >= 4 is 33.7 Å². The summed E-state index contributed by atoms with van der Waals surface area (Å²) in [6.45, 7) is 0. The molecule has 0 heterocycles. The van der Waals surface area contributed by atoms with Gasteiger partial charge in [-0.3, -0.25) is 4.21 Å². The van der Waals surface area contributed by atoms with Crippen molar-refractivity contribution in [2.45, 2.75) is 4.90 Å². The summed E-state index contributed by atoms with van der Waals surface area (Å²) in [5.74, 6) is 0. The Morgan fingerprint density at radius 1 is 1.36 bits per heavy atom. The Labute approximate surface area is 103 Å². The van der Waals surface area contributed by atoms with Crippen LogP contribution in [-0.4, -0.2) is 8.76 Å². The van der Waals surface area contributed by atoms with E-state index in [1.165, 1.54) is 0 Å². The number of hydrogen-bond donors (Lipinski definition) is 0. The average molecular weight is 290 g/mol. The summed E-state index contributed by atoms with van der Waals surface area (Å²) in [4.78, 5) is 0.364. The summed E-state index contributed by atoms with van der Waals surface area (Å²) < 4.78 is 21.6. The third-order valence-corrected chi connectivity index (χ3v) is 3.04. The second kappa shape index (κ2) is 5.66. The van der Waals surface area contributed by atoms with Crippen LogP contribution in [-0.2, 0) is 11.1 Å². The molecule has 0 aliphatic heterocycles. The van der Waals surface area contributed by atoms with Crippen LogP contribution in [0.5, 0.6) is 0 Å². The quantitative estimate of drug-likeness (QED) is 0.360. The van der Waals surface area contributed by atoms with Crippen molar-refractivity contribution in [2.24, 2.45) is 0 Å². The van der Waals surface area contributed by atoms with Crippen LogP contribution in [0.1, 0.15) is 0 Å². The van der Waals surface area contributed by atoms with Gasteiger partial charge >= 0.3 is 29.6 Å². The van der Waals surface area contributed by atoms with Crippen LogP contribution in [0.4, 0.5) is 0 Å². The largest absolute Gasteiger partial charge is 1.00 e. The molecule has 11 heavy (non-hydrogen) atoms. The van der Waals surface area contributed by atoms with E-state index in [1.54, 1.807) is 24.3 Å². The molecule has 1 atom stereocenters. The predicted octanol–water partition coefficient (Wildman–Crippen LogP) is -1.47. The molecule has 0 aliphatic rings. The molecule has 0 aromatic heterocycles. The van der Waals surface area contributed by atoms with E-state index in [-0.39, 0.29) is 29.6 Å². The molecular weight excluding hydrogens is 286 g/mol. The second-order valence-electron chi connectivity index (χ2n) is 1.67. The fourth-order valence-corrected chi connectivity index (χ4v) is 1.92. The van der Waals surface area contributed by atoms with E-state index < -0.39 is 11.1 Å². The van der Waals surface area contributed by atoms with Crippen LogP contribution in [0.15, 0.2) is 29.2 Å². The number of benzene rings is 1. The molecule has 0 N–H and O–H groups in total. The molecule has 0 amide bonds. The molecule has 2 nitrogen and oxygen atoms in total. The van der Waals surface area contributed by atoms with Crippen LogP contribution in [0.25, 0.3) is 0 Å². The Kier molecular flexibility index (Phi) is 6.21. The minimum Gasteiger partial charge on any atom is -0.768 e. The molecule has 0 radical (unpaired) electrons. The summed E-state index contributed by atoms with van der Waals surface area (Å²) in [6.07, 6.45) is 0. The molecule has 1 aromatic rings. The standard InChI is InChI=1S/C6H5IO2S.Na/c7-5-3-1-2-4-6(5)10(8)9;/h1-4H,(H,8,9);/q;+1/p-1. The Balaban J connectivity index is 0.000001000. The molecule has 0 saturated heterocycles. The van der Waals surface area contributed by atoms with E-state index in [9.17, 15) is 8.76 Å². The smallest absolute Gasteiger partial charge is 0.768 e. The Morgan fingerprint density at radius 2 is 1.91 bits per heavy atom. The molecule has 0 bridgehead atoms. The summed E-state index contributed by atoms with van der Waals surface area (Å²) in [5.41, 5.74) is 0. The topological polar surface area (TPSA) is 40.1 Å². The first kappa shape index (κ1) is 12.1. The van der Waals surface area contributed by atoms with Crippen molar-refractivity contribution in [3.05, 3.63) is 27.8 Å². The van der Waals surface area contributed by atoms with Crippen LogP contribution < -0.4 is 29.6 Å². The van der Waals surface area contributed by atoms with Gasteiger partial charge in [0.2, 0.25) is 0 Å². The molecule has 0 spiro atoms. The molecule has 1 rings (SSSR count). The van der Waals surface area contributed by atoms with Gasteiger partial charge in [0.25, 0.3) is 0 Å². The molecular formula is C6H4INaO2S. The molecule has 5 heteroatoms. The molecule has 1 aromatic carbocycles. The third kappa shape index (κ3) is 3.52. The number of rotatable bonds is 1. The SMILES string of the molecule is O=S([O-])c1ccccc1I.[Na+]. The fourth-order valence-electron chi connectivity index (χ4n) is 0.580. The van der Waals surface area contributed by atoms with Crippen molar-refractivity contribution in [3.63, 3.8) is 0 Å². The molecule has 1 unspecified atom stereocenters. The molecule has 0 saturated carbocycles. The van der Waals surface area contributed by atoms with Crippen molar-refractivity contribution in [1.82, 2.24) is 0 Å². The van der Waals surface area contributed by atoms with E-state index >= 15 is 0 Å². The first-order valence-corrected chi connectivity index (χ1v) is 4.71. The van der Waals surface area contributed by atoms with Gasteiger partial charge in [0.05, 0.1) is 0 Å². The Hall–Kier alpha value is 1.06. The van der Waals surface area contributed by atoms with Crippen LogP contribution >= 0.6 is 22.6 Å².